The van der Waals surface area contributed by atoms with Crippen LogP contribution in [0.1, 0.15) is 38.1 Å². The summed E-state index contributed by atoms with van der Waals surface area (Å²) in [6.07, 6.45) is -1.94. The summed E-state index contributed by atoms with van der Waals surface area (Å²) in [5, 5.41) is 3.21. The number of rotatable bonds is 6. The molecule has 166 valence electrons. The highest BCUT2D eigenvalue weighted by Gasteiger charge is 2.60. The van der Waals surface area contributed by atoms with Crippen molar-refractivity contribution in [3.05, 3.63) is 34.9 Å². The van der Waals surface area contributed by atoms with Gasteiger partial charge in [0.05, 0.1) is 23.8 Å². The van der Waals surface area contributed by atoms with Gasteiger partial charge in [0.2, 0.25) is 0 Å². The zero-order valence-electron chi connectivity index (χ0n) is 17.6. The standard InChI is InChI=1S/C21H28ClNO7/c1-20(2)27-15-14(26-19-17(16(15)28-20)29-21(3,4)30-19)11-25-10-9-23-18(24)12-7-5-6-8-13(12)22/h5-8,14-17,19H,9-11H2,1-4H3,(H,23,24)/t14-,15+,16+,17-,19-/m1/s1. The Morgan fingerprint density at radius 3 is 2.47 bits per heavy atom. The Bertz CT molecular complexity index is 786. The molecule has 0 radical (unpaired) electrons. The van der Waals surface area contributed by atoms with Gasteiger partial charge >= 0.3 is 0 Å². The number of ether oxygens (including phenoxy) is 6. The Balaban J connectivity index is 1.29. The van der Waals surface area contributed by atoms with Gasteiger partial charge in [-0.25, -0.2) is 0 Å². The van der Waals surface area contributed by atoms with Gasteiger partial charge in [0, 0.05) is 6.54 Å². The number of carbonyl (C=O) groups excluding carboxylic acids is 1. The van der Waals surface area contributed by atoms with Crippen molar-refractivity contribution in [2.24, 2.45) is 0 Å². The van der Waals surface area contributed by atoms with Crippen LogP contribution in [0.5, 0.6) is 0 Å². The number of hydrogen-bond donors (Lipinski definition) is 1. The van der Waals surface area contributed by atoms with Crippen LogP contribution in [0.15, 0.2) is 24.3 Å². The Morgan fingerprint density at radius 2 is 1.70 bits per heavy atom. The van der Waals surface area contributed by atoms with Crippen LogP contribution in [0.25, 0.3) is 0 Å². The van der Waals surface area contributed by atoms with E-state index in [1.165, 1.54) is 0 Å². The lowest BCUT2D eigenvalue weighted by molar-refractivity contribution is -0.242. The minimum absolute atomic E-state index is 0.242. The van der Waals surface area contributed by atoms with Crippen LogP contribution < -0.4 is 5.32 Å². The number of carbonyl (C=O) groups is 1. The number of amides is 1. The molecule has 3 fully saturated rings. The monoisotopic (exact) mass is 441 g/mol. The van der Waals surface area contributed by atoms with Crippen molar-refractivity contribution in [1.29, 1.82) is 0 Å². The molecular formula is C21H28ClNO7. The molecule has 0 saturated carbocycles. The first-order valence-corrected chi connectivity index (χ1v) is 10.5. The van der Waals surface area contributed by atoms with Crippen molar-refractivity contribution in [3.8, 4) is 0 Å². The van der Waals surface area contributed by atoms with Gasteiger partial charge in [-0.15, -0.1) is 0 Å². The van der Waals surface area contributed by atoms with Crippen molar-refractivity contribution >= 4 is 17.5 Å². The van der Waals surface area contributed by atoms with E-state index in [1.54, 1.807) is 24.3 Å². The third kappa shape index (κ3) is 4.65. The van der Waals surface area contributed by atoms with E-state index in [4.69, 9.17) is 40.0 Å². The molecule has 8 nitrogen and oxygen atoms in total. The summed E-state index contributed by atoms with van der Waals surface area (Å²) in [7, 11) is 0. The lowest BCUT2D eigenvalue weighted by Crippen LogP contribution is -2.56. The highest BCUT2D eigenvalue weighted by atomic mass is 35.5. The summed E-state index contributed by atoms with van der Waals surface area (Å²) in [5.41, 5.74) is 0.434. The SMILES string of the molecule is CC1(C)O[C@H]2[C@@H](O1)[C@@H](COCCNC(=O)c1ccccc1Cl)O[C@@H]1OC(C)(C)O[C@@H]12. The smallest absolute Gasteiger partial charge is 0.252 e. The first-order chi connectivity index (χ1) is 14.2. The van der Waals surface area contributed by atoms with Crippen molar-refractivity contribution in [3.63, 3.8) is 0 Å². The highest BCUT2D eigenvalue weighted by molar-refractivity contribution is 6.33. The summed E-state index contributed by atoms with van der Waals surface area (Å²) in [6.45, 7) is 8.35. The van der Waals surface area contributed by atoms with E-state index in [-0.39, 0.29) is 36.9 Å². The molecule has 0 bridgehead atoms. The Morgan fingerprint density at radius 1 is 1.03 bits per heavy atom. The van der Waals surface area contributed by atoms with Gasteiger partial charge in [0.25, 0.3) is 5.91 Å². The maximum atomic E-state index is 12.2. The second-order valence-corrected chi connectivity index (χ2v) is 8.93. The first-order valence-electron chi connectivity index (χ1n) is 10.1. The third-order valence-electron chi connectivity index (χ3n) is 5.18. The van der Waals surface area contributed by atoms with Gasteiger partial charge in [-0.2, -0.15) is 0 Å². The van der Waals surface area contributed by atoms with Gasteiger partial charge in [-0.05, 0) is 39.8 Å². The molecule has 5 atom stereocenters. The average molecular weight is 442 g/mol. The molecule has 1 aromatic carbocycles. The fourth-order valence-electron chi connectivity index (χ4n) is 4.00. The van der Waals surface area contributed by atoms with E-state index >= 15 is 0 Å². The van der Waals surface area contributed by atoms with Crippen LogP contribution in [-0.2, 0) is 28.4 Å². The molecular weight excluding hydrogens is 414 g/mol. The van der Waals surface area contributed by atoms with Gasteiger partial charge in [-0.3, -0.25) is 4.79 Å². The van der Waals surface area contributed by atoms with Gasteiger partial charge in [-0.1, -0.05) is 23.7 Å². The normalized spacial score (nSPS) is 33.7. The van der Waals surface area contributed by atoms with Crippen LogP contribution in [0.2, 0.25) is 5.02 Å². The fourth-order valence-corrected chi connectivity index (χ4v) is 4.23. The second kappa shape index (κ2) is 8.35. The number of nitrogens with one attached hydrogen (secondary N) is 1. The minimum Gasteiger partial charge on any atom is -0.377 e. The third-order valence-corrected chi connectivity index (χ3v) is 5.51. The molecule has 30 heavy (non-hydrogen) atoms. The van der Waals surface area contributed by atoms with E-state index in [2.05, 4.69) is 5.32 Å². The fraction of sp³-hybridized carbons (Fsp3) is 0.667. The molecule has 3 heterocycles. The molecule has 4 rings (SSSR count). The zero-order valence-corrected chi connectivity index (χ0v) is 18.3. The number of benzene rings is 1. The molecule has 0 aliphatic carbocycles. The van der Waals surface area contributed by atoms with Crippen LogP contribution in [0, 0.1) is 0 Å². The summed E-state index contributed by atoms with van der Waals surface area (Å²) < 4.78 is 35.8. The van der Waals surface area contributed by atoms with E-state index in [0.29, 0.717) is 23.7 Å². The van der Waals surface area contributed by atoms with Gasteiger partial charge in [0.1, 0.15) is 24.4 Å². The second-order valence-electron chi connectivity index (χ2n) is 8.52. The maximum Gasteiger partial charge on any atom is 0.252 e. The van der Waals surface area contributed by atoms with Gasteiger partial charge in [0.15, 0.2) is 17.9 Å². The molecule has 1 amide bonds. The maximum absolute atomic E-state index is 12.2. The van der Waals surface area contributed by atoms with Crippen molar-refractivity contribution in [2.75, 3.05) is 19.8 Å². The molecule has 0 spiro atoms. The molecule has 3 aliphatic heterocycles. The number of fused-ring (bicyclic) bond motifs is 3. The van der Waals surface area contributed by atoms with Crippen molar-refractivity contribution in [1.82, 2.24) is 5.32 Å². The molecule has 0 aromatic heterocycles. The summed E-state index contributed by atoms with van der Waals surface area (Å²) in [4.78, 5) is 12.2. The molecule has 3 aliphatic rings. The molecule has 1 N–H and O–H groups in total. The summed E-state index contributed by atoms with van der Waals surface area (Å²) >= 11 is 6.04. The minimum atomic E-state index is -0.755. The average Bonchev–Trinajstić information content (AvgIpc) is 3.15. The molecule has 0 unspecified atom stereocenters. The summed E-state index contributed by atoms with van der Waals surface area (Å²) in [6, 6.07) is 6.90. The van der Waals surface area contributed by atoms with Crippen LogP contribution in [0.3, 0.4) is 0 Å². The van der Waals surface area contributed by atoms with E-state index in [0.717, 1.165) is 0 Å². The highest BCUT2D eigenvalue weighted by Crippen LogP contribution is 2.44. The molecule has 1 aromatic rings. The Labute approximate surface area is 181 Å². The first kappa shape index (κ1) is 22.0. The lowest BCUT2D eigenvalue weighted by Gasteiger charge is -2.37. The molecule has 9 heteroatoms. The zero-order chi connectivity index (χ0) is 21.5. The topological polar surface area (TPSA) is 84.5 Å². The summed E-state index contributed by atoms with van der Waals surface area (Å²) in [5.74, 6) is -1.74. The Hall–Kier alpha value is -1.26. The lowest BCUT2D eigenvalue weighted by atomic mass is 9.99. The predicted molar refractivity (Wildman–Crippen MR) is 107 cm³/mol. The van der Waals surface area contributed by atoms with E-state index in [1.807, 2.05) is 27.7 Å². The van der Waals surface area contributed by atoms with Crippen LogP contribution in [-0.4, -0.2) is 67.9 Å². The predicted octanol–water partition coefficient (Wildman–Crippen LogP) is 2.48. The van der Waals surface area contributed by atoms with Crippen LogP contribution in [0.4, 0.5) is 0 Å². The van der Waals surface area contributed by atoms with E-state index < -0.39 is 17.9 Å². The van der Waals surface area contributed by atoms with Crippen molar-refractivity contribution in [2.45, 2.75) is 70.0 Å². The quantitative estimate of drug-likeness (QED) is 0.679. The Kier molecular flexibility index (Phi) is 6.11. The van der Waals surface area contributed by atoms with E-state index in [9.17, 15) is 4.79 Å². The van der Waals surface area contributed by atoms with Crippen molar-refractivity contribution < 1.29 is 33.2 Å². The van der Waals surface area contributed by atoms with Gasteiger partial charge < -0.3 is 33.7 Å². The number of halogens is 1. The number of hydrogen-bond acceptors (Lipinski definition) is 7. The van der Waals surface area contributed by atoms with Crippen LogP contribution >= 0.6 is 11.6 Å². The largest absolute Gasteiger partial charge is 0.377 e. The molecule has 3 saturated heterocycles.